The van der Waals surface area contributed by atoms with Crippen LogP contribution in [0.25, 0.3) is 0 Å². The third-order valence-corrected chi connectivity index (χ3v) is 6.14. The summed E-state index contributed by atoms with van der Waals surface area (Å²) in [5.74, 6) is -0.269. The minimum atomic E-state index is -0.269. The van der Waals surface area contributed by atoms with Crippen molar-refractivity contribution in [1.29, 1.82) is 0 Å². The average Bonchev–Trinajstić information content (AvgIpc) is 3.16. The van der Waals surface area contributed by atoms with Gasteiger partial charge < -0.3 is 20.0 Å². The van der Waals surface area contributed by atoms with Gasteiger partial charge in [-0.1, -0.05) is 42.5 Å². The summed E-state index contributed by atoms with van der Waals surface area (Å²) in [7, 11) is 0. The lowest BCUT2D eigenvalue weighted by atomic mass is 10.0. The predicted molar refractivity (Wildman–Crippen MR) is 117 cm³/mol. The van der Waals surface area contributed by atoms with Crippen LogP contribution in [0.5, 0.6) is 0 Å². The van der Waals surface area contributed by atoms with E-state index in [0.29, 0.717) is 39.3 Å². The van der Waals surface area contributed by atoms with Gasteiger partial charge in [0.15, 0.2) is 0 Å². The average molecular weight is 425 g/mol. The Balaban J connectivity index is 1.21. The van der Waals surface area contributed by atoms with Crippen LogP contribution in [0, 0.1) is 5.82 Å². The van der Waals surface area contributed by atoms with Crippen LogP contribution in [0.2, 0.25) is 0 Å². The fourth-order valence-electron chi connectivity index (χ4n) is 4.35. The molecule has 6 nitrogen and oxygen atoms in total. The second kappa shape index (κ2) is 9.81. The predicted octanol–water partition coefficient (Wildman–Crippen LogP) is 3.48. The molecule has 2 aromatic rings. The SMILES string of the molecule is O=C(NCCc1ccccc1)N1CCC(N2CCN(Cc3ccc(F)cc3)C2=O)CC1. The lowest BCUT2D eigenvalue weighted by Gasteiger charge is -2.36. The Hall–Kier alpha value is -3.09. The van der Waals surface area contributed by atoms with Gasteiger partial charge in [-0.05, 0) is 42.5 Å². The molecule has 2 aliphatic rings. The Bertz CT molecular complexity index is 882. The van der Waals surface area contributed by atoms with Crippen molar-refractivity contribution in [3.05, 3.63) is 71.5 Å². The van der Waals surface area contributed by atoms with Crippen LogP contribution in [-0.2, 0) is 13.0 Å². The number of amides is 4. The number of carbonyl (C=O) groups is 2. The number of halogens is 1. The van der Waals surface area contributed by atoms with E-state index in [1.165, 1.54) is 17.7 Å². The van der Waals surface area contributed by atoms with Crippen molar-refractivity contribution in [3.8, 4) is 0 Å². The van der Waals surface area contributed by atoms with Crippen molar-refractivity contribution in [2.24, 2.45) is 0 Å². The summed E-state index contributed by atoms with van der Waals surface area (Å²) in [5.41, 5.74) is 2.14. The lowest BCUT2D eigenvalue weighted by Crippen LogP contribution is -2.50. The summed E-state index contributed by atoms with van der Waals surface area (Å²) in [6.07, 6.45) is 2.40. The van der Waals surface area contributed by atoms with Gasteiger partial charge in [-0.25, -0.2) is 14.0 Å². The normalized spacial score (nSPS) is 17.3. The number of likely N-dealkylation sites (tertiary alicyclic amines) is 1. The number of benzene rings is 2. The number of carbonyl (C=O) groups excluding carboxylic acids is 2. The Morgan fingerprint density at radius 1 is 0.935 bits per heavy atom. The molecule has 0 saturated carbocycles. The number of hydrogen-bond donors (Lipinski definition) is 1. The Morgan fingerprint density at radius 2 is 1.65 bits per heavy atom. The van der Waals surface area contributed by atoms with Crippen LogP contribution in [0.1, 0.15) is 24.0 Å². The number of piperidine rings is 1. The highest BCUT2D eigenvalue weighted by Gasteiger charge is 2.35. The third kappa shape index (κ3) is 5.34. The van der Waals surface area contributed by atoms with Gasteiger partial charge in [-0.15, -0.1) is 0 Å². The van der Waals surface area contributed by atoms with Crippen LogP contribution in [0.3, 0.4) is 0 Å². The van der Waals surface area contributed by atoms with Crippen LogP contribution >= 0.6 is 0 Å². The van der Waals surface area contributed by atoms with E-state index in [2.05, 4.69) is 17.4 Å². The first-order valence-corrected chi connectivity index (χ1v) is 11.0. The summed E-state index contributed by atoms with van der Waals surface area (Å²) in [6.45, 7) is 3.81. The van der Waals surface area contributed by atoms with Gasteiger partial charge in [-0.2, -0.15) is 0 Å². The highest BCUT2D eigenvalue weighted by molar-refractivity contribution is 5.77. The molecule has 0 aromatic heterocycles. The molecular weight excluding hydrogens is 395 g/mol. The Morgan fingerprint density at radius 3 is 2.35 bits per heavy atom. The molecule has 0 bridgehead atoms. The topological polar surface area (TPSA) is 55.9 Å². The molecule has 7 heteroatoms. The maximum Gasteiger partial charge on any atom is 0.320 e. The number of nitrogens with one attached hydrogen (secondary N) is 1. The molecule has 0 aliphatic carbocycles. The first-order chi connectivity index (χ1) is 15.1. The standard InChI is InChI=1S/C24H29FN4O2/c25-21-8-6-20(7-9-21)18-28-16-17-29(24(28)31)22-11-14-27(15-12-22)23(30)26-13-10-19-4-2-1-3-5-19/h1-9,22H,10-18H2,(H,26,30). The molecule has 0 unspecified atom stereocenters. The molecule has 1 N–H and O–H groups in total. The summed E-state index contributed by atoms with van der Waals surface area (Å²) in [6, 6.07) is 16.6. The second-order valence-corrected chi connectivity index (χ2v) is 8.21. The molecule has 2 aliphatic heterocycles. The van der Waals surface area contributed by atoms with Gasteiger partial charge in [0.2, 0.25) is 0 Å². The molecule has 2 heterocycles. The summed E-state index contributed by atoms with van der Waals surface area (Å²) in [4.78, 5) is 30.9. The van der Waals surface area contributed by atoms with E-state index in [-0.39, 0.29) is 23.9 Å². The zero-order valence-electron chi connectivity index (χ0n) is 17.7. The summed E-state index contributed by atoms with van der Waals surface area (Å²) < 4.78 is 13.1. The first-order valence-electron chi connectivity index (χ1n) is 11.0. The highest BCUT2D eigenvalue weighted by atomic mass is 19.1. The fraction of sp³-hybridized carbons (Fsp3) is 0.417. The summed E-state index contributed by atoms with van der Waals surface area (Å²) in [5, 5.41) is 3.00. The van der Waals surface area contributed by atoms with Gasteiger partial charge in [-0.3, -0.25) is 0 Å². The monoisotopic (exact) mass is 424 g/mol. The number of hydrogen-bond acceptors (Lipinski definition) is 2. The molecule has 2 fully saturated rings. The maximum atomic E-state index is 13.1. The molecular formula is C24H29FN4O2. The van der Waals surface area contributed by atoms with E-state index in [4.69, 9.17) is 0 Å². The third-order valence-electron chi connectivity index (χ3n) is 6.14. The van der Waals surface area contributed by atoms with Gasteiger partial charge in [0.1, 0.15) is 5.82 Å². The summed E-state index contributed by atoms with van der Waals surface area (Å²) >= 11 is 0. The lowest BCUT2D eigenvalue weighted by molar-refractivity contribution is 0.135. The largest absolute Gasteiger partial charge is 0.338 e. The van der Waals surface area contributed by atoms with E-state index in [1.54, 1.807) is 12.1 Å². The highest BCUT2D eigenvalue weighted by Crippen LogP contribution is 2.23. The fourth-order valence-corrected chi connectivity index (χ4v) is 4.35. The molecule has 0 radical (unpaired) electrons. The van der Waals surface area contributed by atoms with E-state index in [0.717, 1.165) is 24.8 Å². The molecule has 31 heavy (non-hydrogen) atoms. The van der Waals surface area contributed by atoms with E-state index < -0.39 is 0 Å². The van der Waals surface area contributed by atoms with E-state index >= 15 is 0 Å². The first kappa shape index (κ1) is 21.2. The zero-order chi connectivity index (χ0) is 21.6. The van der Waals surface area contributed by atoms with Gasteiger partial charge in [0, 0.05) is 45.3 Å². The molecule has 2 aromatic carbocycles. The second-order valence-electron chi connectivity index (χ2n) is 8.21. The van der Waals surface area contributed by atoms with Crippen molar-refractivity contribution in [3.63, 3.8) is 0 Å². The number of urea groups is 2. The van der Waals surface area contributed by atoms with Crippen molar-refractivity contribution >= 4 is 12.1 Å². The minimum absolute atomic E-state index is 0.0277. The quantitative estimate of drug-likeness (QED) is 0.772. The molecule has 4 amide bonds. The number of rotatable bonds is 6. The maximum absolute atomic E-state index is 13.1. The molecule has 2 saturated heterocycles. The van der Waals surface area contributed by atoms with Crippen LogP contribution in [0.15, 0.2) is 54.6 Å². The minimum Gasteiger partial charge on any atom is -0.338 e. The van der Waals surface area contributed by atoms with Crippen molar-refractivity contribution < 1.29 is 14.0 Å². The molecule has 0 spiro atoms. The van der Waals surface area contributed by atoms with Crippen LogP contribution in [-0.4, -0.2) is 65.5 Å². The zero-order valence-corrected chi connectivity index (χ0v) is 17.7. The smallest absolute Gasteiger partial charge is 0.320 e. The van der Waals surface area contributed by atoms with Crippen LogP contribution in [0.4, 0.5) is 14.0 Å². The van der Waals surface area contributed by atoms with Crippen molar-refractivity contribution in [2.75, 3.05) is 32.7 Å². The van der Waals surface area contributed by atoms with E-state index in [1.807, 2.05) is 32.9 Å². The molecule has 4 rings (SSSR count). The van der Waals surface area contributed by atoms with Crippen molar-refractivity contribution in [1.82, 2.24) is 20.0 Å². The molecule has 0 atom stereocenters. The van der Waals surface area contributed by atoms with Crippen molar-refractivity contribution in [2.45, 2.75) is 31.8 Å². The van der Waals surface area contributed by atoms with Gasteiger partial charge >= 0.3 is 12.1 Å². The Kier molecular flexibility index (Phi) is 6.70. The molecule has 164 valence electrons. The van der Waals surface area contributed by atoms with E-state index in [9.17, 15) is 14.0 Å². The Labute approximate surface area is 182 Å². The number of nitrogens with zero attached hydrogens (tertiary/aromatic N) is 3. The van der Waals surface area contributed by atoms with Gasteiger partial charge in [0.05, 0.1) is 0 Å². The van der Waals surface area contributed by atoms with Gasteiger partial charge in [0.25, 0.3) is 0 Å². The van der Waals surface area contributed by atoms with Crippen LogP contribution < -0.4 is 5.32 Å².